The van der Waals surface area contributed by atoms with Gasteiger partial charge in [-0.2, -0.15) is 0 Å². The minimum absolute atomic E-state index is 0.0229. The van der Waals surface area contributed by atoms with Gasteiger partial charge in [-0.25, -0.2) is 0 Å². The number of aliphatic hydroxyl groups is 1. The van der Waals surface area contributed by atoms with Crippen molar-refractivity contribution >= 4 is 8.32 Å². The van der Waals surface area contributed by atoms with Crippen LogP contribution in [0.4, 0.5) is 0 Å². The van der Waals surface area contributed by atoms with Gasteiger partial charge >= 0.3 is 0 Å². The molecule has 2 aliphatic rings. The minimum atomic E-state index is -2.22. The Morgan fingerprint density at radius 1 is 0.970 bits per heavy atom. The van der Waals surface area contributed by atoms with E-state index in [2.05, 4.69) is 33.9 Å². The van der Waals surface area contributed by atoms with Gasteiger partial charge in [0, 0.05) is 5.56 Å². The largest absolute Gasteiger partial charge is 0.408 e. The molecule has 2 aliphatic heterocycles. The summed E-state index contributed by atoms with van der Waals surface area (Å²) in [6.45, 7) is 11.6. The third-order valence-electron chi connectivity index (χ3n) is 6.87. The van der Waals surface area contributed by atoms with Crippen molar-refractivity contribution in [3.8, 4) is 0 Å². The molecule has 2 heterocycles. The Balaban J connectivity index is 1.55. The molecule has 0 aliphatic carbocycles. The van der Waals surface area contributed by atoms with E-state index in [0.29, 0.717) is 13.2 Å². The lowest BCUT2D eigenvalue weighted by atomic mass is 9.98. The van der Waals surface area contributed by atoms with Crippen molar-refractivity contribution in [1.29, 1.82) is 0 Å². The second kappa shape index (κ2) is 9.96. The first kappa shape index (κ1) is 24.5. The van der Waals surface area contributed by atoms with Crippen molar-refractivity contribution in [1.82, 2.24) is 0 Å². The molecule has 2 unspecified atom stereocenters. The number of ether oxygens (including phenoxy) is 4. The molecule has 0 bridgehead atoms. The van der Waals surface area contributed by atoms with Crippen LogP contribution in [0, 0.1) is 0 Å². The molecular formula is C26H36O6Si. The van der Waals surface area contributed by atoms with Gasteiger partial charge in [0.15, 0.2) is 20.9 Å². The van der Waals surface area contributed by atoms with Crippen LogP contribution in [0.25, 0.3) is 0 Å². The normalized spacial score (nSPS) is 30.6. The molecular weight excluding hydrogens is 436 g/mol. The Hall–Kier alpha value is -1.58. The van der Waals surface area contributed by atoms with Crippen LogP contribution < -0.4 is 0 Å². The molecule has 0 aromatic heterocycles. The Morgan fingerprint density at radius 3 is 2.24 bits per heavy atom. The lowest BCUT2D eigenvalue weighted by Crippen LogP contribution is -2.65. The van der Waals surface area contributed by atoms with Crippen LogP contribution in [0.2, 0.25) is 18.1 Å². The highest BCUT2D eigenvalue weighted by Gasteiger charge is 2.53. The summed E-state index contributed by atoms with van der Waals surface area (Å²) in [6, 6.07) is 19.7. The second-order valence-corrected chi connectivity index (χ2v) is 15.1. The van der Waals surface area contributed by atoms with Crippen molar-refractivity contribution < 1.29 is 28.5 Å². The van der Waals surface area contributed by atoms with Crippen molar-refractivity contribution in [3.63, 3.8) is 0 Å². The fourth-order valence-corrected chi connectivity index (χ4v) is 5.19. The van der Waals surface area contributed by atoms with Gasteiger partial charge in [-0.15, -0.1) is 0 Å². The van der Waals surface area contributed by atoms with Crippen LogP contribution in [0.1, 0.15) is 38.2 Å². The maximum atomic E-state index is 11.4. The van der Waals surface area contributed by atoms with Crippen molar-refractivity contribution in [2.24, 2.45) is 0 Å². The summed E-state index contributed by atoms with van der Waals surface area (Å²) >= 11 is 0. The van der Waals surface area contributed by atoms with Gasteiger partial charge < -0.3 is 28.5 Å². The topological polar surface area (TPSA) is 66.4 Å². The summed E-state index contributed by atoms with van der Waals surface area (Å²) in [5.41, 5.74) is 1.94. The van der Waals surface area contributed by atoms with Gasteiger partial charge in [-0.05, 0) is 23.7 Å². The molecule has 1 N–H and O–H groups in total. The van der Waals surface area contributed by atoms with Crippen molar-refractivity contribution in [2.45, 2.75) is 82.5 Å². The molecule has 7 heteroatoms. The van der Waals surface area contributed by atoms with Gasteiger partial charge in [-0.1, -0.05) is 81.4 Å². The zero-order chi connectivity index (χ0) is 23.6. The third-order valence-corrected chi connectivity index (χ3v) is 11.3. The summed E-state index contributed by atoms with van der Waals surface area (Å²) in [5, 5.41) is 11.3. The molecule has 2 fully saturated rings. The Bertz CT molecular complexity index is 885. The average Bonchev–Trinajstić information content (AvgIpc) is 2.80. The first-order chi connectivity index (χ1) is 15.7. The van der Waals surface area contributed by atoms with E-state index in [1.54, 1.807) is 0 Å². The number of fused-ring (bicyclic) bond motifs is 1. The van der Waals surface area contributed by atoms with E-state index in [4.69, 9.17) is 23.4 Å². The summed E-state index contributed by atoms with van der Waals surface area (Å²) < 4.78 is 31.3. The monoisotopic (exact) mass is 472 g/mol. The Morgan fingerprint density at radius 2 is 1.61 bits per heavy atom. The van der Waals surface area contributed by atoms with Crippen LogP contribution in [0.3, 0.4) is 0 Å². The lowest BCUT2D eigenvalue weighted by molar-refractivity contribution is -0.360. The number of rotatable bonds is 6. The van der Waals surface area contributed by atoms with Crippen LogP contribution in [0.5, 0.6) is 0 Å². The van der Waals surface area contributed by atoms with Crippen LogP contribution >= 0.6 is 0 Å². The molecule has 6 atom stereocenters. The lowest BCUT2D eigenvalue weighted by Gasteiger charge is -2.51. The second-order valence-electron chi connectivity index (χ2n) is 10.3. The maximum absolute atomic E-state index is 11.4. The van der Waals surface area contributed by atoms with Gasteiger partial charge in [0.05, 0.1) is 13.2 Å². The number of aliphatic hydroxyl groups excluding tert-OH is 1. The predicted octanol–water partition coefficient (Wildman–Crippen LogP) is 4.79. The summed E-state index contributed by atoms with van der Waals surface area (Å²) in [6.07, 6.45) is -3.80. The van der Waals surface area contributed by atoms with E-state index in [9.17, 15) is 5.11 Å². The zero-order valence-corrected chi connectivity index (χ0v) is 21.1. The Labute approximate surface area is 197 Å². The molecule has 0 amide bonds. The summed E-state index contributed by atoms with van der Waals surface area (Å²) in [5.74, 6) is 0. The van der Waals surface area contributed by atoms with Crippen LogP contribution in [-0.2, 0) is 30.0 Å². The average molecular weight is 473 g/mol. The number of hydrogen-bond acceptors (Lipinski definition) is 6. The van der Waals surface area contributed by atoms with E-state index >= 15 is 0 Å². The fourth-order valence-electron chi connectivity index (χ4n) is 3.88. The van der Waals surface area contributed by atoms with Gasteiger partial charge in [0.2, 0.25) is 0 Å². The van der Waals surface area contributed by atoms with E-state index < -0.39 is 45.3 Å². The van der Waals surface area contributed by atoms with Crippen LogP contribution in [0.15, 0.2) is 60.7 Å². The molecule has 33 heavy (non-hydrogen) atoms. The molecule has 2 saturated heterocycles. The van der Waals surface area contributed by atoms with E-state index in [1.165, 1.54) is 0 Å². The highest BCUT2D eigenvalue weighted by Crippen LogP contribution is 2.42. The van der Waals surface area contributed by atoms with E-state index in [0.717, 1.165) is 11.1 Å². The molecule has 180 valence electrons. The molecule has 6 nitrogen and oxygen atoms in total. The third kappa shape index (κ3) is 5.57. The zero-order valence-electron chi connectivity index (χ0n) is 20.1. The summed E-state index contributed by atoms with van der Waals surface area (Å²) in [7, 11) is -2.22. The van der Waals surface area contributed by atoms with E-state index in [1.807, 2.05) is 60.7 Å². The maximum Gasteiger partial charge on any atom is 0.192 e. The van der Waals surface area contributed by atoms with E-state index in [-0.39, 0.29) is 5.04 Å². The molecule has 0 radical (unpaired) electrons. The first-order valence-electron chi connectivity index (χ1n) is 11.6. The number of benzene rings is 2. The number of hydrogen-bond donors (Lipinski definition) is 1. The minimum Gasteiger partial charge on any atom is -0.408 e. The van der Waals surface area contributed by atoms with Crippen molar-refractivity contribution in [2.75, 3.05) is 6.61 Å². The molecule has 2 aromatic rings. The SMILES string of the molecule is CC(C)(C)[Si](C)(C)OC1[C@H](O)[C@@H](OCc2ccccc2)O[C@@H]2COC(c3ccccc3)O[C@@H]12. The fraction of sp³-hybridized carbons (Fsp3) is 0.538. The van der Waals surface area contributed by atoms with Gasteiger partial charge in [0.25, 0.3) is 0 Å². The molecule has 0 saturated carbocycles. The molecule has 2 aromatic carbocycles. The summed E-state index contributed by atoms with van der Waals surface area (Å²) in [4.78, 5) is 0. The van der Waals surface area contributed by atoms with Crippen LogP contribution in [-0.4, -0.2) is 50.7 Å². The highest BCUT2D eigenvalue weighted by atomic mass is 28.4. The predicted molar refractivity (Wildman–Crippen MR) is 128 cm³/mol. The standard InChI is InChI=1S/C26H36O6Si/c1-26(2,3)33(4,5)32-23-21(27)25(28-16-18-12-8-6-9-13-18)30-20-17-29-24(31-22(20)23)19-14-10-7-11-15-19/h6-15,20-25,27H,16-17H2,1-5H3/t20-,21+,22-,23?,24?,25+/m1/s1. The van der Waals surface area contributed by atoms with Crippen molar-refractivity contribution in [3.05, 3.63) is 71.8 Å². The highest BCUT2D eigenvalue weighted by molar-refractivity contribution is 6.74. The quantitative estimate of drug-likeness (QED) is 0.610. The Kier molecular flexibility index (Phi) is 7.40. The van der Waals surface area contributed by atoms with Gasteiger partial charge in [0.1, 0.15) is 24.4 Å². The smallest absolute Gasteiger partial charge is 0.192 e. The first-order valence-corrected chi connectivity index (χ1v) is 14.6. The molecule has 0 spiro atoms. The molecule has 4 rings (SSSR count). The van der Waals surface area contributed by atoms with Gasteiger partial charge in [-0.3, -0.25) is 0 Å².